The molecule has 0 atom stereocenters. The van der Waals surface area contributed by atoms with E-state index in [0.717, 1.165) is 12.0 Å². The van der Waals surface area contributed by atoms with Crippen LogP contribution < -0.4 is 10.5 Å². The summed E-state index contributed by atoms with van der Waals surface area (Å²) in [4.78, 5) is 0. The fourth-order valence-corrected chi connectivity index (χ4v) is 1.88. The summed E-state index contributed by atoms with van der Waals surface area (Å²) in [7, 11) is 0. The van der Waals surface area contributed by atoms with Gasteiger partial charge in [-0.3, -0.25) is 0 Å². The van der Waals surface area contributed by atoms with Gasteiger partial charge < -0.3 is 10.5 Å². The van der Waals surface area contributed by atoms with Gasteiger partial charge in [0.05, 0.1) is 22.3 Å². The van der Waals surface area contributed by atoms with E-state index in [1.54, 1.807) is 6.07 Å². The van der Waals surface area contributed by atoms with Gasteiger partial charge in [0.25, 0.3) is 0 Å². The highest BCUT2D eigenvalue weighted by Crippen LogP contribution is 2.40. The van der Waals surface area contributed by atoms with Gasteiger partial charge in [-0.2, -0.15) is 0 Å². The maximum Gasteiger partial charge on any atom is 0.143 e. The lowest BCUT2D eigenvalue weighted by Crippen LogP contribution is -1.92. The number of ether oxygens (including phenoxy) is 1. The fourth-order valence-electron chi connectivity index (χ4n) is 1.32. The first-order valence-corrected chi connectivity index (χ1v) is 4.35. The lowest BCUT2D eigenvalue weighted by Gasteiger charge is -2.05. The van der Waals surface area contributed by atoms with E-state index in [9.17, 15) is 0 Å². The molecule has 2 rings (SSSR count). The summed E-state index contributed by atoms with van der Waals surface area (Å²) in [6.07, 6.45) is 0.793. The number of hydrogen-bond acceptors (Lipinski definition) is 2. The Bertz CT molecular complexity index is 338. The van der Waals surface area contributed by atoms with E-state index in [0.29, 0.717) is 28.1 Å². The molecule has 0 radical (unpaired) electrons. The topological polar surface area (TPSA) is 35.2 Å². The smallest absolute Gasteiger partial charge is 0.143 e. The predicted molar refractivity (Wildman–Crippen MR) is 50.1 cm³/mol. The lowest BCUT2D eigenvalue weighted by molar-refractivity contribution is 0.357. The van der Waals surface area contributed by atoms with Crippen LogP contribution in [0.4, 0.5) is 5.69 Å². The molecular formula is C8H7Cl2NO. The van der Waals surface area contributed by atoms with Crippen LogP contribution in [0.15, 0.2) is 6.07 Å². The van der Waals surface area contributed by atoms with Crippen molar-refractivity contribution in [3.05, 3.63) is 21.7 Å². The first kappa shape index (κ1) is 8.02. The normalized spacial score (nSPS) is 14.2. The number of halogens is 2. The molecule has 0 spiro atoms. The molecule has 0 fully saturated rings. The molecule has 12 heavy (non-hydrogen) atoms. The standard InChI is InChI=1S/C8H7Cl2NO/c9-5-3-6(10)8-4(7(5)11)1-2-12-8/h3H,1-2,11H2. The Morgan fingerprint density at radius 3 is 2.83 bits per heavy atom. The minimum atomic E-state index is 0.504. The van der Waals surface area contributed by atoms with Crippen molar-refractivity contribution >= 4 is 28.9 Å². The molecule has 1 aliphatic heterocycles. The summed E-state index contributed by atoms with van der Waals surface area (Å²) in [5.74, 6) is 0.693. The Morgan fingerprint density at radius 2 is 2.08 bits per heavy atom. The minimum absolute atomic E-state index is 0.504. The molecule has 1 heterocycles. The maximum absolute atomic E-state index is 5.88. The van der Waals surface area contributed by atoms with E-state index in [1.807, 2.05) is 0 Å². The second-order valence-corrected chi connectivity index (χ2v) is 3.47. The Balaban J connectivity index is 2.69. The highest BCUT2D eigenvalue weighted by Gasteiger charge is 2.20. The van der Waals surface area contributed by atoms with Crippen LogP contribution in [0.25, 0.3) is 0 Å². The third kappa shape index (κ3) is 1.03. The Hall–Kier alpha value is -0.600. The average molecular weight is 204 g/mol. The van der Waals surface area contributed by atoms with Crippen LogP contribution in [0, 0.1) is 0 Å². The zero-order valence-corrected chi connectivity index (χ0v) is 7.74. The zero-order chi connectivity index (χ0) is 8.72. The van der Waals surface area contributed by atoms with Gasteiger partial charge in [0.15, 0.2) is 0 Å². The Morgan fingerprint density at radius 1 is 1.33 bits per heavy atom. The van der Waals surface area contributed by atoms with Crippen molar-refractivity contribution in [2.24, 2.45) is 0 Å². The number of nitrogens with two attached hydrogens (primary N) is 1. The first-order valence-electron chi connectivity index (χ1n) is 3.59. The van der Waals surface area contributed by atoms with Gasteiger partial charge in [0, 0.05) is 12.0 Å². The number of hydrogen-bond donors (Lipinski definition) is 1. The second-order valence-electron chi connectivity index (χ2n) is 2.66. The first-order chi connectivity index (χ1) is 5.70. The fraction of sp³-hybridized carbons (Fsp3) is 0.250. The number of nitrogen functional groups attached to an aromatic ring is 1. The molecule has 0 unspecified atom stereocenters. The molecule has 0 saturated heterocycles. The van der Waals surface area contributed by atoms with Crippen molar-refractivity contribution in [3.8, 4) is 5.75 Å². The number of anilines is 1. The van der Waals surface area contributed by atoms with Crippen LogP contribution in [0.5, 0.6) is 5.75 Å². The van der Waals surface area contributed by atoms with Gasteiger partial charge in [-0.25, -0.2) is 0 Å². The highest BCUT2D eigenvalue weighted by atomic mass is 35.5. The number of rotatable bonds is 0. The van der Waals surface area contributed by atoms with Crippen molar-refractivity contribution in [2.45, 2.75) is 6.42 Å². The van der Waals surface area contributed by atoms with Crippen molar-refractivity contribution in [1.29, 1.82) is 0 Å². The van der Waals surface area contributed by atoms with Crippen LogP contribution in [0.2, 0.25) is 10.0 Å². The average Bonchev–Trinajstić information content (AvgIpc) is 2.48. The lowest BCUT2D eigenvalue weighted by atomic mass is 10.1. The van der Waals surface area contributed by atoms with Crippen LogP contribution in [-0.4, -0.2) is 6.61 Å². The summed E-state index contributed by atoms with van der Waals surface area (Å²) in [5.41, 5.74) is 7.26. The van der Waals surface area contributed by atoms with Gasteiger partial charge in [0.2, 0.25) is 0 Å². The molecule has 0 aromatic heterocycles. The van der Waals surface area contributed by atoms with Crippen molar-refractivity contribution in [2.75, 3.05) is 12.3 Å². The molecule has 0 bridgehead atoms. The molecule has 2 N–H and O–H groups in total. The molecule has 2 nitrogen and oxygen atoms in total. The molecule has 0 aliphatic carbocycles. The second kappa shape index (κ2) is 2.71. The number of benzene rings is 1. The van der Waals surface area contributed by atoms with Crippen molar-refractivity contribution < 1.29 is 4.74 Å². The molecule has 4 heteroatoms. The monoisotopic (exact) mass is 203 g/mol. The third-order valence-electron chi connectivity index (χ3n) is 1.93. The van der Waals surface area contributed by atoms with E-state index in [4.69, 9.17) is 33.7 Å². The molecular weight excluding hydrogens is 197 g/mol. The van der Waals surface area contributed by atoms with E-state index >= 15 is 0 Å². The summed E-state index contributed by atoms with van der Waals surface area (Å²) in [5, 5.41) is 1.05. The summed E-state index contributed by atoms with van der Waals surface area (Å²) in [6.45, 7) is 0.638. The Labute approximate surface area is 80.2 Å². The molecule has 1 aliphatic rings. The molecule has 64 valence electrons. The van der Waals surface area contributed by atoms with Crippen LogP contribution >= 0.6 is 23.2 Å². The van der Waals surface area contributed by atoms with Gasteiger partial charge in [-0.05, 0) is 6.07 Å². The predicted octanol–water partition coefficient (Wildman–Crippen LogP) is 2.51. The Kier molecular flexibility index (Phi) is 1.81. The van der Waals surface area contributed by atoms with Crippen LogP contribution in [0.1, 0.15) is 5.56 Å². The maximum atomic E-state index is 5.88. The summed E-state index contributed by atoms with van der Waals surface area (Å²) >= 11 is 11.7. The minimum Gasteiger partial charge on any atom is -0.491 e. The summed E-state index contributed by atoms with van der Waals surface area (Å²) < 4.78 is 5.29. The van der Waals surface area contributed by atoms with Crippen molar-refractivity contribution in [3.63, 3.8) is 0 Å². The molecule has 1 aromatic carbocycles. The van der Waals surface area contributed by atoms with Gasteiger partial charge in [-0.1, -0.05) is 23.2 Å². The largest absolute Gasteiger partial charge is 0.491 e. The van der Waals surface area contributed by atoms with Crippen LogP contribution in [-0.2, 0) is 6.42 Å². The van der Waals surface area contributed by atoms with E-state index in [2.05, 4.69) is 0 Å². The van der Waals surface area contributed by atoms with Gasteiger partial charge >= 0.3 is 0 Å². The van der Waals surface area contributed by atoms with E-state index in [1.165, 1.54) is 0 Å². The van der Waals surface area contributed by atoms with Gasteiger partial charge in [0.1, 0.15) is 5.75 Å². The van der Waals surface area contributed by atoms with E-state index in [-0.39, 0.29) is 0 Å². The zero-order valence-electron chi connectivity index (χ0n) is 6.23. The molecule has 0 saturated carbocycles. The SMILES string of the molecule is Nc1c(Cl)cc(Cl)c2c1CCO2. The van der Waals surface area contributed by atoms with Crippen LogP contribution in [0.3, 0.4) is 0 Å². The third-order valence-corrected chi connectivity index (χ3v) is 2.52. The summed E-state index contributed by atoms with van der Waals surface area (Å²) in [6, 6.07) is 1.61. The highest BCUT2D eigenvalue weighted by molar-refractivity contribution is 6.37. The van der Waals surface area contributed by atoms with Crippen molar-refractivity contribution in [1.82, 2.24) is 0 Å². The molecule has 0 amide bonds. The van der Waals surface area contributed by atoms with E-state index < -0.39 is 0 Å². The number of fused-ring (bicyclic) bond motifs is 1. The quantitative estimate of drug-likeness (QED) is 0.659. The molecule has 1 aromatic rings. The van der Waals surface area contributed by atoms with Gasteiger partial charge in [-0.15, -0.1) is 0 Å².